The Morgan fingerprint density at radius 2 is 2.10 bits per heavy atom. The van der Waals surface area contributed by atoms with Gasteiger partial charge < -0.3 is 4.74 Å². The molecule has 1 aromatic heterocycles. The molecule has 0 aliphatic rings. The third kappa shape index (κ3) is 3.61. The number of nitrogens with zero attached hydrogens (tertiary/aromatic N) is 2. The Hall–Kier alpha value is -1.43. The maximum Gasteiger partial charge on any atom is 0.0719 e. The molecule has 5 heteroatoms. The van der Waals surface area contributed by atoms with E-state index in [1.807, 2.05) is 10.7 Å². The second-order valence-corrected chi connectivity index (χ2v) is 6.02. The minimum Gasteiger partial charge on any atom is -0.379 e. The van der Waals surface area contributed by atoms with Crippen LogP contribution in [0.4, 0.5) is 0 Å². The molecule has 0 spiro atoms. The molecule has 2 aromatic rings. The Balaban J connectivity index is 2.25. The highest BCUT2D eigenvalue weighted by Crippen LogP contribution is 2.22. The molecule has 0 aliphatic carbocycles. The largest absolute Gasteiger partial charge is 0.379 e. The Morgan fingerprint density at radius 3 is 2.71 bits per heavy atom. The number of ether oxygens (including phenoxy) is 1. The molecule has 5 nitrogen and oxygen atoms in total. The molecular formula is C16H26N4O. The minimum absolute atomic E-state index is 0.128. The molecule has 2 rings (SSSR count). The number of hydrazine groups is 1. The lowest BCUT2D eigenvalue weighted by atomic mass is 9.95. The van der Waals surface area contributed by atoms with Crippen molar-refractivity contribution in [3.63, 3.8) is 0 Å². The van der Waals surface area contributed by atoms with E-state index in [1.54, 1.807) is 7.11 Å². The number of methoxy groups -OCH3 is 1. The minimum atomic E-state index is -0.208. The second kappa shape index (κ2) is 6.56. The molecule has 0 aliphatic heterocycles. The normalized spacial score (nSPS) is 13.8. The molecule has 1 aromatic carbocycles. The van der Waals surface area contributed by atoms with Gasteiger partial charge in [-0.1, -0.05) is 18.2 Å². The topological polar surface area (TPSA) is 65.1 Å². The van der Waals surface area contributed by atoms with E-state index < -0.39 is 0 Å². The summed E-state index contributed by atoms with van der Waals surface area (Å²) in [4.78, 5) is 0. The number of hydrogen-bond donors (Lipinski definition) is 2. The predicted molar refractivity (Wildman–Crippen MR) is 85.9 cm³/mol. The van der Waals surface area contributed by atoms with Gasteiger partial charge in [0.15, 0.2) is 0 Å². The van der Waals surface area contributed by atoms with Crippen LogP contribution in [0, 0.1) is 0 Å². The highest BCUT2D eigenvalue weighted by Gasteiger charge is 2.24. The third-order valence-corrected chi connectivity index (χ3v) is 4.00. The zero-order valence-corrected chi connectivity index (χ0v) is 13.4. The average molecular weight is 290 g/mol. The van der Waals surface area contributed by atoms with Gasteiger partial charge >= 0.3 is 0 Å². The lowest BCUT2D eigenvalue weighted by molar-refractivity contribution is 0.00705. The van der Waals surface area contributed by atoms with Crippen molar-refractivity contribution in [1.29, 1.82) is 0 Å². The molecule has 0 bridgehead atoms. The lowest BCUT2D eigenvalue weighted by Crippen LogP contribution is -2.42. The van der Waals surface area contributed by atoms with E-state index in [0.29, 0.717) is 0 Å². The standard InChI is InChI=1S/C16H26N4O/c1-5-20-15-9-7-6-8-13(15)14(19-20)10-12(18-17)11-16(2,3)21-4/h6-9,12,18H,5,10-11,17H2,1-4H3. The fourth-order valence-corrected chi connectivity index (χ4v) is 2.69. The summed E-state index contributed by atoms with van der Waals surface area (Å²) < 4.78 is 7.54. The van der Waals surface area contributed by atoms with Gasteiger partial charge in [-0.2, -0.15) is 5.10 Å². The number of benzene rings is 1. The van der Waals surface area contributed by atoms with Crippen molar-refractivity contribution in [3.8, 4) is 0 Å². The number of aromatic nitrogens is 2. The first-order valence-electron chi connectivity index (χ1n) is 7.46. The summed E-state index contributed by atoms with van der Waals surface area (Å²) in [7, 11) is 1.73. The lowest BCUT2D eigenvalue weighted by Gasteiger charge is -2.27. The first-order chi connectivity index (χ1) is 10.0. The van der Waals surface area contributed by atoms with Crippen molar-refractivity contribution in [2.24, 2.45) is 5.84 Å². The van der Waals surface area contributed by atoms with Crippen molar-refractivity contribution < 1.29 is 4.74 Å². The van der Waals surface area contributed by atoms with E-state index in [-0.39, 0.29) is 11.6 Å². The molecule has 116 valence electrons. The third-order valence-electron chi connectivity index (χ3n) is 4.00. The molecule has 3 N–H and O–H groups in total. The maximum atomic E-state index is 5.73. The first kappa shape index (κ1) is 15.9. The zero-order valence-electron chi connectivity index (χ0n) is 13.4. The Bertz CT molecular complexity index is 591. The van der Waals surface area contributed by atoms with Crippen LogP contribution in [0.3, 0.4) is 0 Å². The van der Waals surface area contributed by atoms with Gasteiger partial charge in [0.05, 0.1) is 16.8 Å². The van der Waals surface area contributed by atoms with Crippen LogP contribution < -0.4 is 11.3 Å². The van der Waals surface area contributed by atoms with E-state index in [0.717, 1.165) is 25.1 Å². The van der Waals surface area contributed by atoms with Gasteiger partial charge in [0.2, 0.25) is 0 Å². The van der Waals surface area contributed by atoms with Gasteiger partial charge in [0.1, 0.15) is 0 Å². The van der Waals surface area contributed by atoms with Crippen molar-refractivity contribution in [1.82, 2.24) is 15.2 Å². The predicted octanol–water partition coefficient (Wildman–Crippen LogP) is 2.25. The van der Waals surface area contributed by atoms with Gasteiger partial charge in [-0.3, -0.25) is 16.0 Å². The second-order valence-electron chi connectivity index (χ2n) is 6.02. The Labute approximate surface area is 126 Å². The van der Waals surface area contributed by atoms with Crippen LogP contribution in [0.2, 0.25) is 0 Å². The van der Waals surface area contributed by atoms with Crippen molar-refractivity contribution in [2.75, 3.05) is 7.11 Å². The van der Waals surface area contributed by atoms with Crippen LogP contribution in [-0.4, -0.2) is 28.5 Å². The smallest absolute Gasteiger partial charge is 0.0719 e. The molecule has 1 unspecified atom stereocenters. The Kier molecular flexibility index (Phi) is 4.98. The van der Waals surface area contributed by atoms with E-state index >= 15 is 0 Å². The van der Waals surface area contributed by atoms with Gasteiger partial charge in [0.25, 0.3) is 0 Å². The Morgan fingerprint density at radius 1 is 1.38 bits per heavy atom. The van der Waals surface area contributed by atoms with Crippen LogP contribution in [0.25, 0.3) is 10.9 Å². The highest BCUT2D eigenvalue weighted by atomic mass is 16.5. The zero-order chi connectivity index (χ0) is 15.5. The molecule has 21 heavy (non-hydrogen) atoms. The number of nitrogens with one attached hydrogen (secondary N) is 1. The number of aryl methyl sites for hydroxylation is 1. The summed E-state index contributed by atoms with van der Waals surface area (Å²) in [6.07, 6.45) is 1.62. The molecule has 0 amide bonds. The van der Waals surface area contributed by atoms with E-state index in [4.69, 9.17) is 15.7 Å². The fourth-order valence-electron chi connectivity index (χ4n) is 2.69. The van der Waals surface area contributed by atoms with Crippen LogP contribution in [-0.2, 0) is 17.7 Å². The number of rotatable bonds is 7. The van der Waals surface area contributed by atoms with Gasteiger partial charge in [-0.15, -0.1) is 0 Å². The maximum absolute atomic E-state index is 5.73. The number of para-hydroxylation sites is 1. The molecular weight excluding hydrogens is 264 g/mol. The van der Waals surface area contributed by atoms with Gasteiger partial charge in [0, 0.05) is 31.5 Å². The molecule has 0 radical (unpaired) electrons. The van der Waals surface area contributed by atoms with Gasteiger partial charge in [-0.05, 0) is 33.3 Å². The SMILES string of the molecule is CCn1nc(CC(CC(C)(C)OC)NN)c2ccccc21. The number of fused-ring (bicyclic) bond motifs is 1. The molecule has 0 saturated heterocycles. The number of hydrogen-bond acceptors (Lipinski definition) is 4. The fraction of sp³-hybridized carbons (Fsp3) is 0.562. The monoisotopic (exact) mass is 290 g/mol. The van der Waals surface area contributed by atoms with Crippen LogP contribution in [0.5, 0.6) is 0 Å². The van der Waals surface area contributed by atoms with Crippen molar-refractivity contribution in [3.05, 3.63) is 30.0 Å². The first-order valence-corrected chi connectivity index (χ1v) is 7.46. The summed E-state index contributed by atoms with van der Waals surface area (Å²) in [6, 6.07) is 8.46. The van der Waals surface area contributed by atoms with E-state index in [2.05, 4.69) is 44.4 Å². The van der Waals surface area contributed by atoms with Crippen LogP contribution in [0.15, 0.2) is 24.3 Å². The summed E-state index contributed by atoms with van der Waals surface area (Å²) >= 11 is 0. The van der Waals surface area contributed by atoms with Gasteiger partial charge in [-0.25, -0.2) is 0 Å². The van der Waals surface area contributed by atoms with Crippen LogP contribution >= 0.6 is 0 Å². The highest BCUT2D eigenvalue weighted by molar-refractivity contribution is 5.82. The van der Waals surface area contributed by atoms with Crippen LogP contribution in [0.1, 0.15) is 32.9 Å². The number of nitrogens with two attached hydrogens (primary N) is 1. The summed E-state index contributed by atoms with van der Waals surface area (Å²) in [5.74, 6) is 5.73. The molecule has 1 heterocycles. The van der Waals surface area contributed by atoms with Crippen molar-refractivity contribution >= 4 is 10.9 Å². The molecule has 0 fully saturated rings. The molecule has 1 atom stereocenters. The van der Waals surface area contributed by atoms with Crippen molar-refractivity contribution in [2.45, 2.75) is 51.8 Å². The average Bonchev–Trinajstić information content (AvgIpc) is 2.84. The summed E-state index contributed by atoms with van der Waals surface area (Å²) in [6.45, 7) is 7.11. The van der Waals surface area contributed by atoms with E-state index in [9.17, 15) is 0 Å². The molecule has 0 saturated carbocycles. The summed E-state index contributed by atoms with van der Waals surface area (Å²) in [5, 5.41) is 5.94. The quantitative estimate of drug-likeness (QED) is 0.606. The summed E-state index contributed by atoms with van der Waals surface area (Å²) in [5.41, 5.74) is 4.96. The van der Waals surface area contributed by atoms with E-state index in [1.165, 1.54) is 10.9 Å².